The number of carbonyl (C=O) groups is 1. The number of aliphatic hydroxyl groups is 1. The molecule has 4 aromatic rings. The van der Waals surface area contributed by atoms with E-state index in [4.69, 9.17) is 14.2 Å². The Bertz CT molecular complexity index is 1270. The summed E-state index contributed by atoms with van der Waals surface area (Å²) >= 11 is 0. The van der Waals surface area contributed by atoms with E-state index < -0.39 is 0 Å². The van der Waals surface area contributed by atoms with E-state index in [1.165, 1.54) is 4.80 Å². The van der Waals surface area contributed by atoms with E-state index >= 15 is 0 Å². The summed E-state index contributed by atoms with van der Waals surface area (Å²) in [5.41, 5.74) is 3.90. The highest BCUT2D eigenvalue weighted by Gasteiger charge is 2.15. The number of fused-ring (bicyclic) bond motifs is 2. The maximum absolute atomic E-state index is 12.4. The van der Waals surface area contributed by atoms with E-state index in [2.05, 4.69) is 15.5 Å². The van der Waals surface area contributed by atoms with Crippen LogP contribution in [0, 0.1) is 0 Å². The van der Waals surface area contributed by atoms with Crippen molar-refractivity contribution in [1.29, 1.82) is 0 Å². The second-order valence-electron chi connectivity index (χ2n) is 7.51. The third-order valence-electron chi connectivity index (χ3n) is 5.21. The molecule has 0 fully saturated rings. The number of rotatable bonds is 8. The van der Waals surface area contributed by atoms with Crippen molar-refractivity contribution in [1.82, 2.24) is 20.3 Å². The topological polar surface area (TPSA) is 108 Å². The van der Waals surface area contributed by atoms with Crippen molar-refractivity contribution >= 4 is 16.9 Å². The van der Waals surface area contributed by atoms with Gasteiger partial charge in [-0.2, -0.15) is 0 Å². The smallest absolute Gasteiger partial charge is 0.258 e. The van der Waals surface area contributed by atoms with Gasteiger partial charge in [-0.1, -0.05) is 24.3 Å². The molecule has 9 nitrogen and oxygen atoms in total. The van der Waals surface area contributed by atoms with Crippen molar-refractivity contribution < 1.29 is 24.1 Å². The third kappa shape index (κ3) is 4.58. The van der Waals surface area contributed by atoms with E-state index in [1.54, 1.807) is 6.07 Å². The quantitative estimate of drug-likeness (QED) is 0.428. The molecule has 1 aromatic heterocycles. The number of ether oxygens (including phenoxy) is 3. The van der Waals surface area contributed by atoms with Crippen molar-refractivity contribution in [2.24, 2.45) is 0 Å². The SMILES string of the molecule is O=C(COc1ccc(CCO)cc1-n1nc2ccccc2n1)NCc1ccc2c(c1)OCO2. The van der Waals surface area contributed by atoms with Gasteiger partial charge in [-0.25, -0.2) is 0 Å². The predicted octanol–water partition coefficient (Wildman–Crippen LogP) is 2.38. The molecule has 168 valence electrons. The van der Waals surface area contributed by atoms with Crippen molar-refractivity contribution in [3.63, 3.8) is 0 Å². The van der Waals surface area contributed by atoms with Crippen LogP contribution in [-0.2, 0) is 17.8 Å². The molecule has 0 atom stereocenters. The molecule has 0 aliphatic carbocycles. The van der Waals surface area contributed by atoms with Gasteiger partial charge in [-0.3, -0.25) is 4.79 Å². The molecule has 1 aliphatic rings. The van der Waals surface area contributed by atoms with Crippen LogP contribution in [0.15, 0.2) is 60.7 Å². The first kappa shape index (κ1) is 20.8. The van der Waals surface area contributed by atoms with Crippen LogP contribution in [0.1, 0.15) is 11.1 Å². The molecular weight excluding hydrogens is 424 g/mol. The number of hydrogen-bond donors (Lipinski definition) is 2. The minimum absolute atomic E-state index is 0.0242. The third-order valence-corrected chi connectivity index (χ3v) is 5.21. The van der Waals surface area contributed by atoms with Gasteiger partial charge >= 0.3 is 0 Å². The predicted molar refractivity (Wildman–Crippen MR) is 120 cm³/mol. The fraction of sp³-hybridized carbons (Fsp3) is 0.208. The van der Waals surface area contributed by atoms with Gasteiger partial charge in [0.15, 0.2) is 18.1 Å². The van der Waals surface area contributed by atoms with Crippen LogP contribution in [0.25, 0.3) is 16.7 Å². The minimum Gasteiger partial charge on any atom is -0.481 e. The molecule has 0 saturated carbocycles. The van der Waals surface area contributed by atoms with Crippen LogP contribution in [0.3, 0.4) is 0 Å². The Morgan fingerprint density at radius 3 is 2.55 bits per heavy atom. The minimum atomic E-state index is -0.267. The number of nitrogens with one attached hydrogen (secondary N) is 1. The van der Waals surface area contributed by atoms with E-state index in [0.29, 0.717) is 35.9 Å². The highest BCUT2D eigenvalue weighted by molar-refractivity contribution is 5.78. The van der Waals surface area contributed by atoms with Gasteiger partial charge in [0.05, 0.1) is 0 Å². The second-order valence-corrected chi connectivity index (χ2v) is 7.51. The Labute approximate surface area is 189 Å². The molecule has 2 heterocycles. The molecule has 9 heteroatoms. The first-order valence-corrected chi connectivity index (χ1v) is 10.5. The molecule has 33 heavy (non-hydrogen) atoms. The maximum atomic E-state index is 12.4. The number of hydrogen-bond acceptors (Lipinski definition) is 7. The van der Waals surface area contributed by atoms with Crippen molar-refractivity contribution in [2.75, 3.05) is 20.0 Å². The zero-order valence-corrected chi connectivity index (χ0v) is 17.7. The molecule has 0 bridgehead atoms. The molecule has 0 unspecified atom stereocenters. The van der Waals surface area contributed by atoms with Crippen LogP contribution >= 0.6 is 0 Å². The number of amides is 1. The molecule has 3 aromatic carbocycles. The summed E-state index contributed by atoms with van der Waals surface area (Å²) in [6.45, 7) is 0.403. The van der Waals surface area contributed by atoms with Gasteiger partial charge in [-0.15, -0.1) is 15.0 Å². The van der Waals surface area contributed by atoms with Crippen LogP contribution in [0.2, 0.25) is 0 Å². The monoisotopic (exact) mass is 446 g/mol. The summed E-state index contributed by atoms with van der Waals surface area (Å²) in [7, 11) is 0. The Hall–Kier alpha value is -4.11. The van der Waals surface area contributed by atoms with Crippen LogP contribution in [-0.4, -0.2) is 46.0 Å². The fourth-order valence-corrected chi connectivity index (χ4v) is 3.54. The molecule has 5 rings (SSSR count). The van der Waals surface area contributed by atoms with E-state index in [0.717, 1.165) is 22.2 Å². The average molecular weight is 446 g/mol. The van der Waals surface area contributed by atoms with Crippen LogP contribution in [0.4, 0.5) is 0 Å². The summed E-state index contributed by atoms with van der Waals surface area (Å²) in [6, 6.07) is 18.5. The first-order chi connectivity index (χ1) is 16.2. The maximum Gasteiger partial charge on any atom is 0.258 e. The van der Waals surface area contributed by atoms with Gasteiger partial charge < -0.3 is 24.6 Å². The van der Waals surface area contributed by atoms with Gasteiger partial charge in [0.2, 0.25) is 6.79 Å². The largest absolute Gasteiger partial charge is 0.481 e. The number of benzene rings is 3. The molecule has 0 radical (unpaired) electrons. The lowest BCUT2D eigenvalue weighted by molar-refractivity contribution is -0.123. The summed E-state index contributed by atoms with van der Waals surface area (Å²) in [4.78, 5) is 13.9. The van der Waals surface area contributed by atoms with Crippen LogP contribution in [0.5, 0.6) is 17.2 Å². The summed E-state index contributed by atoms with van der Waals surface area (Å²) in [5.74, 6) is 1.57. The fourth-order valence-electron chi connectivity index (χ4n) is 3.54. The first-order valence-electron chi connectivity index (χ1n) is 10.5. The summed E-state index contributed by atoms with van der Waals surface area (Å²) in [5, 5.41) is 21.2. The van der Waals surface area contributed by atoms with E-state index in [1.807, 2.05) is 54.6 Å². The van der Waals surface area contributed by atoms with E-state index in [-0.39, 0.29) is 25.9 Å². The Morgan fingerprint density at radius 1 is 1.00 bits per heavy atom. The normalized spacial score (nSPS) is 12.2. The Morgan fingerprint density at radius 2 is 1.76 bits per heavy atom. The summed E-state index contributed by atoms with van der Waals surface area (Å²) in [6.07, 6.45) is 0.490. The zero-order chi connectivity index (χ0) is 22.6. The zero-order valence-electron chi connectivity index (χ0n) is 17.7. The number of aromatic nitrogens is 3. The van der Waals surface area contributed by atoms with Gasteiger partial charge in [0.1, 0.15) is 22.5 Å². The number of carbonyl (C=O) groups excluding carboxylic acids is 1. The molecule has 1 amide bonds. The molecule has 0 spiro atoms. The molecular formula is C24H22N4O5. The molecule has 1 aliphatic heterocycles. The lowest BCUT2D eigenvalue weighted by Crippen LogP contribution is -2.28. The van der Waals surface area contributed by atoms with Gasteiger partial charge in [0.25, 0.3) is 5.91 Å². The second kappa shape index (κ2) is 9.17. The Balaban J connectivity index is 1.28. The van der Waals surface area contributed by atoms with Crippen molar-refractivity contribution in [3.8, 4) is 22.9 Å². The van der Waals surface area contributed by atoms with E-state index in [9.17, 15) is 9.90 Å². The van der Waals surface area contributed by atoms with Gasteiger partial charge in [-0.05, 0) is 53.9 Å². The number of aliphatic hydroxyl groups excluding tert-OH is 1. The average Bonchev–Trinajstić information content (AvgIpc) is 3.48. The highest BCUT2D eigenvalue weighted by Crippen LogP contribution is 2.32. The molecule has 0 saturated heterocycles. The lowest BCUT2D eigenvalue weighted by atomic mass is 10.1. The lowest BCUT2D eigenvalue weighted by Gasteiger charge is -2.12. The highest BCUT2D eigenvalue weighted by atomic mass is 16.7. The van der Waals surface area contributed by atoms with Crippen molar-refractivity contribution in [3.05, 3.63) is 71.8 Å². The van der Waals surface area contributed by atoms with Crippen LogP contribution < -0.4 is 19.5 Å². The summed E-state index contributed by atoms with van der Waals surface area (Å²) < 4.78 is 16.5. The number of nitrogens with zero attached hydrogens (tertiary/aromatic N) is 3. The van der Waals surface area contributed by atoms with Crippen molar-refractivity contribution in [2.45, 2.75) is 13.0 Å². The van der Waals surface area contributed by atoms with Gasteiger partial charge in [0, 0.05) is 13.2 Å². The molecule has 2 N–H and O–H groups in total. The Kier molecular flexibility index (Phi) is 5.77. The standard InChI is InChI=1S/C24H22N4O5/c29-10-9-16-5-7-21(20(11-16)28-26-18-3-1-2-4-19(18)27-28)31-14-24(30)25-13-17-6-8-22-23(12-17)33-15-32-22/h1-8,11-12,29H,9-10,13-15H2,(H,25,30).